The van der Waals surface area contributed by atoms with Crippen LogP contribution in [-0.4, -0.2) is 33.6 Å². The standard InChI is InChI=1S/C17H26N4O3/c1-17(2,3)24-16(23)21-14(8-12-6-4-5-7-12)15(22)20-13-9-18-11-19-10-13/h9-12,14H,4-8H2,1-3H3,(H,20,22)(H,21,23)/t14-/m0/s1. The first-order valence-corrected chi connectivity index (χ1v) is 8.39. The van der Waals surface area contributed by atoms with Gasteiger partial charge in [-0.15, -0.1) is 0 Å². The summed E-state index contributed by atoms with van der Waals surface area (Å²) in [6.45, 7) is 5.37. The highest BCUT2D eigenvalue weighted by Gasteiger charge is 2.28. The lowest BCUT2D eigenvalue weighted by molar-refractivity contribution is -0.118. The summed E-state index contributed by atoms with van der Waals surface area (Å²) in [4.78, 5) is 32.4. The third kappa shape index (κ3) is 6.14. The maximum absolute atomic E-state index is 12.6. The summed E-state index contributed by atoms with van der Waals surface area (Å²) in [6.07, 6.45) is 9.00. The summed E-state index contributed by atoms with van der Waals surface area (Å²) in [6, 6.07) is -0.636. The molecule has 0 saturated heterocycles. The topological polar surface area (TPSA) is 93.2 Å². The molecule has 132 valence electrons. The van der Waals surface area contributed by atoms with Gasteiger partial charge in [0.25, 0.3) is 0 Å². The highest BCUT2D eigenvalue weighted by molar-refractivity contribution is 5.96. The molecule has 1 aliphatic carbocycles. The molecule has 1 saturated carbocycles. The van der Waals surface area contributed by atoms with E-state index in [1.54, 1.807) is 20.8 Å². The van der Waals surface area contributed by atoms with Crippen molar-refractivity contribution < 1.29 is 14.3 Å². The van der Waals surface area contributed by atoms with Gasteiger partial charge in [0.1, 0.15) is 18.0 Å². The molecular formula is C17H26N4O3. The number of alkyl carbamates (subject to hydrolysis) is 1. The highest BCUT2D eigenvalue weighted by atomic mass is 16.6. The van der Waals surface area contributed by atoms with Gasteiger partial charge in [-0.25, -0.2) is 14.8 Å². The summed E-state index contributed by atoms with van der Waals surface area (Å²) in [5.41, 5.74) is -0.101. The van der Waals surface area contributed by atoms with E-state index < -0.39 is 17.7 Å². The van der Waals surface area contributed by atoms with Gasteiger partial charge in [-0.3, -0.25) is 4.79 Å². The van der Waals surface area contributed by atoms with Crippen molar-refractivity contribution in [2.75, 3.05) is 5.32 Å². The molecule has 1 aliphatic rings. The van der Waals surface area contributed by atoms with Crippen molar-refractivity contribution in [3.63, 3.8) is 0 Å². The van der Waals surface area contributed by atoms with Crippen molar-refractivity contribution in [2.45, 2.75) is 64.5 Å². The Hall–Kier alpha value is -2.18. The lowest BCUT2D eigenvalue weighted by atomic mass is 9.98. The minimum atomic E-state index is -0.636. The fourth-order valence-electron chi connectivity index (χ4n) is 2.85. The molecule has 0 aliphatic heterocycles. The quantitative estimate of drug-likeness (QED) is 0.863. The smallest absolute Gasteiger partial charge is 0.408 e. The molecule has 2 N–H and O–H groups in total. The maximum atomic E-state index is 12.6. The summed E-state index contributed by atoms with van der Waals surface area (Å²) in [5.74, 6) is 0.172. The molecule has 0 bridgehead atoms. The van der Waals surface area contributed by atoms with E-state index in [9.17, 15) is 9.59 Å². The van der Waals surface area contributed by atoms with Crippen LogP contribution < -0.4 is 10.6 Å². The zero-order valence-electron chi connectivity index (χ0n) is 14.5. The molecule has 1 atom stereocenters. The monoisotopic (exact) mass is 334 g/mol. The number of nitrogens with one attached hydrogen (secondary N) is 2. The molecule has 24 heavy (non-hydrogen) atoms. The van der Waals surface area contributed by atoms with E-state index in [-0.39, 0.29) is 5.91 Å². The van der Waals surface area contributed by atoms with Gasteiger partial charge in [-0.05, 0) is 33.1 Å². The molecule has 1 aromatic heterocycles. The van der Waals surface area contributed by atoms with E-state index in [0.717, 1.165) is 12.8 Å². The minimum Gasteiger partial charge on any atom is -0.444 e. The fourth-order valence-corrected chi connectivity index (χ4v) is 2.85. The van der Waals surface area contributed by atoms with Gasteiger partial charge in [0.2, 0.25) is 5.91 Å². The second-order valence-corrected chi connectivity index (χ2v) is 7.20. The van der Waals surface area contributed by atoms with Gasteiger partial charge in [0.15, 0.2) is 0 Å². The van der Waals surface area contributed by atoms with Gasteiger partial charge >= 0.3 is 6.09 Å². The van der Waals surface area contributed by atoms with Crippen LogP contribution in [0, 0.1) is 5.92 Å². The molecular weight excluding hydrogens is 308 g/mol. The number of aromatic nitrogens is 2. The highest BCUT2D eigenvalue weighted by Crippen LogP contribution is 2.29. The van der Waals surface area contributed by atoms with Crippen LogP contribution in [0.4, 0.5) is 10.5 Å². The first-order chi connectivity index (χ1) is 11.3. The van der Waals surface area contributed by atoms with Crippen molar-refractivity contribution in [3.8, 4) is 0 Å². The Morgan fingerprint density at radius 2 is 1.88 bits per heavy atom. The predicted octanol–water partition coefficient (Wildman–Crippen LogP) is 2.89. The normalized spacial score (nSPS) is 16.5. The Morgan fingerprint density at radius 3 is 2.46 bits per heavy atom. The van der Waals surface area contributed by atoms with E-state index >= 15 is 0 Å². The molecule has 2 amide bonds. The Labute approximate surface area is 142 Å². The molecule has 0 radical (unpaired) electrons. The van der Waals surface area contributed by atoms with Crippen molar-refractivity contribution >= 4 is 17.7 Å². The van der Waals surface area contributed by atoms with Crippen molar-refractivity contribution in [1.82, 2.24) is 15.3 Å². The predicted molar refractivity (Wildman–Crippen MR) is 90.4 cm³/mol. The van der Waals surface area contributed by atoms with Crippen molar-refractivity contribution in [2.24, 2.45) is 5.92 Å². The third-order valence-electron chi connectivity index (χ3n) is 3.88. The van der Waals surface area contributed by atoms with Gasteiger partial charge in [-0.2, -0.15) is 0 Å². The summed E-state index contributed by atoms with van der Waals surface area (Å²) < 4.78 is 5.28. The van der Waals surface area contributed by atoms with Crippen molar-refractivity contribution in [1.29, 1.82) is 0 Å². The van der Waals surface area contributed by atoms with Crippen LogP contribution in [0.25, 0.3) is 0 Å². The SMILES string of the molecule is CC(C)(C)OC(=O)N[C@@H](CC1CCCC1)C(=O)Nc1cncnc1. The van der Waals surface area contributed by atoms with Gasteiger partial charge < -0.3 is 15.4 Å². The van der Waals surface area contributed by atoms with Crippen LogP contribution in [0.15, 0.2) is 18.7 Å². The summed E-state index contributed by atoms with van der Waals surface area (Å²) in [7, 11) is 0. The number of anilines is 1. The van der Waals surface area contributed by atoms with Crippen molar-refractivity contribution in [3.05, 3.63) is 18.7 Å². The molecule has 1 heterocycles. The van der Waals surface area contributed by atoms with Crippen LogP contribution in [0.3, 0.4) is 0 Å². The number of carbonyl (C=O) groups is 2. The number of hydrogen-bond donors (Lipinski definition) is 2. The Morgan fingerprint density at radius 1 is 1.25 bits per heavy atom. The zero-order chi connectivity index (χ0) is 17.6. The first-order valence-electron chi connectivity index (χ1n) is 8.39. The van der Waals surface area contributed by atoms with Crippen LogP contribution in [-0.2, 0) is 9.53 Å². The number of nitrogens with zero attached hydrogens (tertiary/aromatic N) is 2. The molecule has 0 unspecified atom stereocenters. The third-order valence-corrected chi connectivity index (χ3v) is 3.88. The molecule has 1 fully saturated rings. The van der Waals surface area contributed by atoms with Gasteiger partial charge in [-0.1, -0.05) is 25.7 Å². The van der Waals surface area contributed by atoms with Crippen LogP contribution in [0.1, 0.15) is 52.9 Å². The molecule has 0 aromatic carbocycles. The number of rotatable bonds is 5. The minimum absolute atomic E-state index is 0.275. The number of carbonyl (C=O) groups excluding carboxylic acids is 2. The number of hydrogen-bond acceptors (Lipinski definition) is 5. The van der Waals surface area contributed by atoms with E-state index in [2.05, 4.69) is 20.6 Å². The molecule has 7 nitrogen and oxygen atoms in total. The second-order valence-electron chi connectivity index (χ2n) is 7.20. The Kier molecular flexibility index (Phi) is 6.11. The Bertz CT molecular complexity index is 551. The number of ether oxygens (including phenoxy) is 1. The van der Waals surface area contributed by atoms with Crippen LogP contribution >= 0.6 is 0 Å². The van der Waals surface area contributed by atoms with Crippen LogP contribution in [0.2, 0.25) is 0 Å². The lowest BCUT2D eigenvalue weighted by Gasteiger charge is -2.24. The van der Waals surface area contributed by atoms with Gasteiger partial charge in [0, 0.05) is 0 Å². The molecule has 1 aromatic rings. The van der Waals surface area contributed by atoms with Gasteiger partial charge in [0.05, 0.1) is 18.1 Å². The van der Waals surface area contributed by atoms with Crippen LogP contribution in [0.5, 0.6) is 0 Å². The Balaban J connectivity index is 2.00. The summed E-state index contributed by atoms with van der Waals surface area (Å²) >= 11 is 0. The first kappa shape index (κ1) is 18.2. The maximum Gasteiger partial charge on any atom is 0.408 e. The van der Waals surface area contributed by atoms with E-state index in [1.165, 1.54) is 31.6 Å². The fraction of sp³-hybridized carbons (Fsp3) is 0.647. The molecule has 2 rings (SSSR count). The molecule has 7 heteroatoms. The number of amides is 2. The largest absolute Gasteiger partial charge is 0.444 e. The lowest BCUT2D eigenvalue weighted by Crippen LogP contribution is -2.46. The second kappa shape index (κ2) is 8.08. The average Bonchev–Trinajstić information content (AvgIpc) is 2.98. The van der Waals surface area contributed by atoms with E-state index in [4.69, 9.17) is 4.74 Å². The van der Waals surface area contributed by atoms with E-state index in [1.807, 2.05) is 0 Å². The average molecular weight is 334 g/mol. The zero-order valence-corrected chi connectivity index (χ0v) is 14.5. The van der Waals surface area contributed by atoms with E-state index in [0.29, 0.717) is 18.0 Å². The molecule has 0 spiro atoms. The summed E-state index contributed by atoms with van der Waals surface area (Å²) in [5, 5.41) is 5.46.